The van der Waals surface area contributed by atoms with Gasteiger partial charge in [0.2, 0.25) is 0 Å². The molecular weight excluding hydrogens is 709 g/mol. The van der Waals surface area contributed by atoms with Crippen LogP contribution >= 0.6 is 0 Å². The van der Waals surface area contributed by atoms with E-state index in [-0.39, 0.29) is 0 Å². The molecule has 58 heavy (non-hydrogen) atoms. The summed E-state index contributed by atoms with van der Waals surface area (Å²) < 4.78 is 15.4. The van der Waals surface area contributed by atoms with E-state index in [1.807, 2.05) is 18.2 Å². The minimum Gasteiger partial charge on any atom is -0.456 e. The molecule has 0 fully saturated rings. The van der Waals surface area contributed by atoms with Crippen LogP contribution in [0.1, 0.15) is 0 Å². The van der Waals surface area contributed by atoms with Gasteiger partial charge in [-0.25, -0.2) is 0 Å². The lowest BCUT2D eigenvalue weighted by atomic mass is 9.98. The van der Waals surface area contributed by atoms with Crippen LogP contribution in [0.5, 0.6) is 0 Å². The molecule has 0 saturated carbocycles. The third kappa shape index (κ3) is 5.02. The Kier molecular flexibility index (Phi) is 7.20. The van der Waals surface area contributed by atoms with Gasteiger partial charge in [-0.3, -0.25) is 0 Å². The summed E-state index contributed by atoms with van der Waals surface area (Å²) in [6, 6.07) is 73.2. The second-order valence-corrected chi connectivity index (χ2v) is 14.9. The first-order valence-corrected chi connectivity index (χ1v) is 19.7. The number of furan rings is 2. The predicted molar refractivity (Wildman–Crippen MR) is 241 cm³/mol. The van der Waals surface area contributed by atoms with Crippen LogP contribution in [0.2, 0.25) is 0 Å². The molecule has 0 aliphatic carbocycles. The van der Waals surface area contributed by atoms with Gasteiger partial charge in [-0.1, -0.05) is 127 Å². The lowest BCUT2D eigenvalue weighted by Gasteiger charge is -2.27. The van der Waals surface area contributed by atoms with Gasteiger partial charge in [-0.05, 0) is 95.6 Å². The zero-order valence-corrected chi connectivity index (χ0v) is 31.3. The number of para-hydroxylation sites is 5. The van der Waals surface area contributed by atoms with E-state index in [1.54, 1.807) is 0 Å². The fourth-order valence-corrected chi connectivity index (χ4v) is 9.02. The van der Waals surface area contributed by atoms with E-state index in [9.17, 15) is 0 Å². The third-order valence-electron chi connectivity index (χ3n) is 11.5. The highest BCUT2D eigenvalue weighted by Crippen LogP contribution is 2.45. The molecule has 0 radical (unpaired) electrons. The second kappa shape index (κ2) is 12.9. The van der Waals surface area contributed by atoms with Crippen LogP contribution in [-0.2, 0) is 0 Å². The normalized spacial score (nSPS) is 11.8. The van der Waals surface area contributed by atoms with Crippen LogP contribution in [-0.4, -0.2) is 4.57 Å². The summed E-state index contributed by atoms with van der Waals surface area (Å²) in [5.41, 5.74) is 14.4. The predicted octanol–water partition coefficient (Wildman–Crippen LogP) is 15.4. The highest BCUT2D eigenvalue weighted by atomic mass is 16.3. The van der Waals surface area contributed by atoms with Crippen molar-refractivity contribution >= 4 is 82.7 Å². The molecule has 0 spiro atoms. The van der Waals surface area contributed by atoms with Gasteiger partial charge < -0.3 is 18.3 Å². The molecule has 12 aromatic rings. The average Bonchev–Trinajstić information content (AvgIpc) is 3.97. The van der Waals surface area contributed by atoms with Gasteiger partial charge in [-0.2, -0.15) is 0 Å². The van der Waals surface area contributed by atoms with Crippen molar-refractivity contribution in [3.63, 3.8) is 0 Å². The fourth-order valence-electron chi connectivity index (χ4n) is 9.02. The van der Waals surface area contributed by atoms with Crippen molar-refractivity contribution < 1.29 is 8.83 Å². The molecule has 3 aromatic heterocycles. The largest absolute Gasteiger partial charge is 0.456 e. The SMILES string of the molecule is c1ccc(N(c2cccc(-c3cccc4oc5ccccc5c34)c2)c2cc(-c3cccc(-n4c5ccccc5c5ccccc54)c3)c3oc4ccccc4c3c2)cc1. The van der Waals surface area contributed by atoms with E-state index < -0.39 is 0 Å². The summed E-state index contributed by atoms with van der Waals surface area (Å²) in [7, 11) is 0. The maximum atomic E-state index is 6.77. The molecule has 0 aliphatic rings. The number of nitrogens with zero attached hydrogens (tertiary/aromatic N) is 2. The van der Waals surface area contributed by atoms with E-state index in [0.29, 0.717) is 0 Å². The Morgan fingerprint density at radius 3 is 1.71 bits per heavy atom. The molecule has 0 amide bonds. The van der Waals surface area contributed by atoms with Crippen LogP contribution in [0.3, 0.4) is 0 Å². The lowest BCUT2D eigenvalue weighted by Crippen LogP contribution is -2.10. The Balaban J connectivity index is 1.09. The Labute approximate surface area is 334 Å². The molecule has 0 saturated heterocycles. The maximum absolute atomic E-state index is 6.77. The molecule has 0 unspecified atom stereocenters. The summed E-state index contributed by atoms with van der Waals surface area (Å²) >= 11 is 0. The van der Waals surface area contributed by atoms with E-state index in [2.05, 4.69) is 198 Å². The molecule has 0 bridgehead atoms. The number of benzene rings is 9. The monoisotopic (exact) mass is 742 g/mol. The Hall–Kier alpha value is -7.82. The molecule has 12 rings (SSSR count). The van der Waals surface area contributed by atoms with E-state index in [0.717, 1.165) is 88.9 Å². The van der Waals surface area contributed by atoms with Gasteiger partial charge in [0, 0.05) is 60.6 Å². The van der Waals surface area contributed by atoms with Crippen molar-refractivity contribution in [1.82, 2.24) is 4.57 Å². The smallest absolute Gasteiger partial charge is 0.143 e. The van der Waals surface area contributed by atoms with Gasteiger partial charge >= 0.3 is 0 Å². The zero-order chi connectivity index (χ0) is 38.2. The molecular formula is C54H34N2O2. The minimum absolute atomic E-state index is 0.864. The maximum Gasteiger partial charge on any atom is 0.143 e. The molecule has 0 N–H and O–H groups in total. The van der Waals surface area contributed by atoms with Crippen LogP contribution in [0.25, 0.3) is 93.6 Å². The first kappa shape index (κ1) is 32.4. The first-order valence-electron chi connectivity index (χ1n) is 19.7. The van der Waals surface area contributed by atoms with Gasteiger partial charge in [0.25, 0.3) is 0 Å². The van der Waals surface area contributed by atoms with Crippen LogP contribution in [0.15, 0.2) is 215 Å². The van der Waals surface area contributed by atoms with Crippen LogP contribution < -0.4 is 4.90 Å². The number of fused-ring (bicyclic) bond motifs is 9. The van der Waals surface area contributed by atoms with Gasteiger partial charge in [-0.15, -0.1) is 0 Å². The van der Waals surface area contributed by atoms with E-state index >= 15 is 0 Å². The molecule has 4 heteroatoms. The molecule has 272 valence electrons. The quantitative estimate of drug-likeness (QED) is 0.170. The highest BCUT2D eigenvalue weighted by Gasteiger charge is 2.21. The minimum atomic E-state index is 0.864. The van der Waals surface area contributed by atoms with Gasteiger partial charge in [0.05, 0.1) is 11.0 Å². The standard InChI is InChI=1S/C54H34N2O2/c1-2-17-37(18-3-1)55(38-19-12-15-35(31-38)41-25-14-30-52-53(41)45-24-7-11-29-51(45)57-52)40-33-46(54-47(34-40)44-23-6-10-28-50(44)58-54)36-16-13-20-39(32-36)56-48-26-8-4-21-42(48)43-22-5-9-27-49(43)56/h1-34H. The van der Waals surface area contributed by atoms with E-state index in [1.165, 1.54) is 21.8 Å². The number of rotatable bonds is 6. The Bertz CT molecular complexity index is 3480. The number of hydrogen-bond donors (Lipinski definition) is 0. The fraction of sp³-hybridized carbons (Fsp3) is 0. The topological polar surface area (TPSA) is 34.5 Å². The summed E-state index contributed by atoms with van der Waals surface area (Å²) in [6.45, 7) is 0. The summed E-state index contributed by atoms with van der Waals surface area (Å²) in [6.07, 6.45) is 0. The Morgan fingerprint density at radius 1 is 0.345 bits per heavy atom. The van der Waals surface area contributed by atoms with Gasteiger partial charge in [0.15, 0.2) is 0 Å². The third-order valence-corrected chi connectivity index (χ3v) is 11.5. The van der Waals surface area contributed by atoms with Crippen molar-refractivity contribution in [1.29, 1.82) is 0 Å². The van der Waals surface area contributed by atoms with Crippen molar-refractivity contribution in [2.45, 2.75) is 0 Å². The summed E-state index contributed by atoms with van der Waals surface area (Å²) in [5, 5.41) is 6.87. The molecule has 3 heterocycles. The van der Waals surface area contributed by atoms with Crippen molar-refractivity contribution in [2.75, 3.05) is 4.90 Å². The van der Waals surface area contributed by atoms with Crippen molar-refractivity contribution in [2.24, 2.45) is 0 Å². The average molecular weight is 743 g/mol. The molecule has 0 aliphatic heterocycles. The van der Waals surface area contributed by atoms with Crippen molar-refractivity contribution in [3.05, 3.63) is 206 Å². The first-order chi connectivity index (χ1) is 28.8. The van der Waals surface area contributed by atoms with Crippen LogP contribution in [0, 0.1) is 0 Å². The van der Waals surface area contributed by atoms with E-state index in [4.69, 9.17) is 8.83 Å². The number of anilines is 3. The van der Waals surface area contributed by atoms with Crippen LogP contribution in [0.4, 0.5) is 17.1 Å². The molecule has 0 atom stereocenters. The molecule has 9 aromatic carbocycles. The summed E-state index contributed by atoms with van der Waals surface area (Å²) in [5.74, 6) is 0. The summed E-state index contributed by atoms with van der Waals surface area (Å²) in [4.78, 5) is 2.36. The van der Waals surface area contributed by atoms with Crippen molar-refractivity contribution in [3.8, 4) is 27.9 Å². The lowest BCUT2D eigenvalue weighted by molar-refractivity contribution is 0.669. The van der Waals surface area contributed by atoms with Gasteiger partial charge in [0.1, 0.15) is 22.3 Å². The highest BCUT2D eigenvalue weighted by molar-refractivity contribution is 6.14. The Morgan fingerprint density at radius 2 is 0.931 bits per heavy atom. The molecule has 4 nitrogen and oxygen atoms in total. The zero-order valence-electron chi connectivity index (χ0n) is 31.3. The number of hydrogen-bond acceptors (Lipinski definition) is 3. The number of aromatic nitrogens is 1. The second-order valence-electron chi connectivity index (χ2n) is 14.9.